The molecule has 0 fully saturated rings. The van der Waals surface area contributed by atoms with Crippen LogP contribution in [0.2, 0.25) is 0 Å². The molecule has 0 aliphatic rings. The minimum atomic E-state index is -0.470. The zero-order chi connectivity index (χ0) is 11.3. The summed E-state index contributed by atoms with van der Waals surface area (Å²) in [5, 5.41) is 0. The van der Waals surface area contributed by atoms with Crippen LogP contribution in [0.15, 0.2) is 18.2 Å². The maximum atomic E-state index is 13.2. The van der Waals surface area contributed by atoms with E-state index in [1.54, 1.807) is 0 Å². The van der Waals surface area contributed by atoms with Gasteiger partial charge in [0.15, 0.2) is 0 Å². The van der Waals surface area contributed by atoms with E-state index in [9.17, 15) is 8.78 Å². The monoisotopic (exact) mass is 231 g/mol. The molecule has 0 aliphatic carbocycles. The second kappa shape index (κ2) is 6.08. The third-order valence-electron chi connectivity index (χ3n) is 2.11. The lowest BCUT2D eigenvalue weighted by atomic mass is 10.2. The summed E-state index contributed by atoms with van der Waals surface area (Å²) < 4.78 is 26.4. The highest BCUT2D eigenvalue weighted by atomic mass is 32.2. The Morgan fingerprint density at radius 2 is 1.93 bits per heavy atom. The largest absolute Gasteiger partial charge is 0.330 e. The summed E-state index contributed by atoms with van der Waals surface area (Å²) in [6, 6.07) is 3.94. The van der Waals surface area contributed by atoms with E-state index in [1.165, 1.54) is 30.0 Å². The van der Waals surface area contributed by atoms with Crippen LogP contribution in [0.5, 0.6) is 0 Å². The fourth-order valence-electron chi connectivity index (χ4n) is 1.10. The molecule has 0 spiro atoms. The zero-order valence-corrected chi connectivity index (χ0v) is 9.49. The number of benzene rings is 1. The van der Waals surface area contributed by atoms with E-state index in [4.69, 9.17) is 5.73 Å². The SMILES string of the molecule is CC(CN)CSCc1c(F)cccc1F. The molecule has 0 saturated heterocycles. The van der Waals surface area contributed by atoms with E-state index < -0.39 is 11.6 Å². The maximum absolute atomic E-state index is 13.2. The van der Waals surface area contributed by atoms with Gasteiger partial charge < -0.3 is 5.73 Å². The highest BCUT2D eigenvalue weighted by molar-refractivity contribution is 7.98. The lowest BCUT2D eigenvalue weighted by Gasteiger charge is -2.08. The van der Waals surface area contributed by atoms with E-state index in [1.807, 2.05) is 6.92 Å². The molecular weight excluding hydrogens is 216 g/mol. The Morgan fingerprint density at radius 1 is 1.33 bits per heavy atom. The molecule has 4 heteroatoms. The van der Waals surface area contributed by atoms with Crippen LogP contribution in [0.25, 0.3) is 0 Å². The molecular formula is C11H15F2NS. The average Bonchev–Trinajstić information content (AvgIpc) is 2.22. The van der Waals surface area contributed by atoms with Crippen molar-refractivity contribution in [2.24, 2.45) is 11.7 Å². The first kappa shape index (κ1) is 12.5. The first-order valence-electron chi connectivity index (χ1n) is 4.85. The van der Waals surface area contributed by atoms with Gasteiger partial charge in [-0.3, -0.25) is 0 Å². The van der Waals surface area contributed by atoms with Crippen LogP contribution in [0.1, 0.15) is 12.5 Å². The van der Waals surface area contributed by atoms with Gasteiger partial charge in [0.2, 0.25) is 0 Å². The van der Waals surface area contributed by atoms with E-state index >= 15 is 0 Å². The van der Waals surface area contributed by atoms with Crippen LogP contribution in [0.4, 0.5) is 8.78 Å². The molecule has 0 bridgehead atoms. The van der Waals surface area contributed by atoms with E-state index in [0.29, 0.717) is 18.2 Å². The fourth-order valence-corrected chi connectivity index (χ4v) is 2.24. The topological polar surface area (TPSA) is 26.0 Å². The van der Waals surface area contributed by atoms with Gasteiger partial charge in [-0.1, -0.05) is 13.0 Å². The first-order valence-corrected chi connectivity index (χ1v) is 6.01. The Balaban J connectivity index is 2.50. The molecule has 1 rings (SSSR count). The standard InChI is InChI=1S/C11H15F2NS/c1-8(5-14)6-15-7-9-10(12)3-2-4-11(9)13/h2-4,8H,5-7,14H2,1H3. The summed E-state index contributed by atoms with van der Waals surface area (Å²) in [4.78, 5) is 0. The number of hydrogen-bond acceptors (Lipinski definition) is 2. The normalized spacial score (nSPS) is 12.8. The van der Waals surface area contributed by atoms with Crippen LogP contribution in [0.3, 0.4) is 0 Å². The molecule has 1 nitrogen and oxygen atoms in total. The van der Waals surface area contributed by atoms with Gasteiger partial charge in [0.25, 0.3) is 0 Å². The Labute approximate surface area is 93.1 Å². The molecule has 1 unspecified atom stereocenters. The van der Waals surface area contributed by atoms with Gasteiger partial charge in [-0.2, -0.15) is 11.8 Å². The van der Waals surface area contributed by atoms with Crippen molar-refractivity contribution in [2.45, 2.75) is 12.7 Å². The van der Waals surface area contributed by atoms with Gasteiger partial charge in [0, 0.05) is 11.3 Å². The predicted octanol–water partition coefficient (Wildman–Crippen LogP) is 2.79. The van der Waals surface area contributed by atoms with Gasteiger partial charge in [0.1, 0.15) is 11.6 Å². The first-order chi connectivity index (χ1) is 7.15. The van der Waals surface area contributed by atoms with Crippen molar-refractivity contribution in [3.8, 4) is 0 Å². The van der Waals surface area contributed by atoms with Crippen molar-refractivity contribution in [1.29, 1.82) is 0 Å². The summed E-state index contributed by atoms with van der Waals surface area (Å²) in [6.45, 7) is 2.62. The maximum Gasteiger partial charge on any atom is 0.130 e. The Morgan fingerprint density at radius 3 is 2.47 bits per heavy atom. The molecule has 84 valence electrons. The Bertz CT molecular complexity index is 297. The summed E-state index contributed by atoms with van der Waals surface area (Å²) in [6.07, 6.45) is 0. The van der Waals surface area contributed by atoms with Gasteiger partial charge in [-0.15, -0.1) is 0 Å². The van der Waals surface area contributed by atoms with Crippen LogP contribution >= 0.6 is 11.8 Å². The van der Waals surface area contributed by atoms with Gasteiger partial charge in [0.05, 0.1) is 0 Å². The lowest BCUT2D eigenvalue weighted by molar-refractivity contribution is 0.566. The molecule has 1 aromatic carbocycles. The number of thioether (sulfide) groups is 1. The second-order valence-corrected chi connectivity index (χ2v) is 4.59. The zero-order valence-electron chi connectivity index (χ0n) is 8.67. The fraction of sp³-hybridized carbons (Fsp3) is 0.455. The smallest absolute Gasteiger partial charge is 0.130 e. The molecule has 1 aromatic rings. The quantitative estimate of drug-likeness (QED) is 0.843. The minimum absolute atomic E-state index is 0.159. The Hall–Kier alpha value is -0.610. The number of nitrogens with two attached hydrogens (primary N) is 1. The Kier molecular flexibility index (Phi) is 5.05. The summed E-state index contributed by atoms with van der Waals surface area (Å²) >= 11 is 1.51. The van der Waals surface area contributed by atoms with Crippen molar-refractivity contribution in [1.82, 2.24) is 0 Å². The number of rotatable bonds is 5. The van der Waals surface area contributed by atoms with Crippen LogP contribution in [-0.4, -0.2) is 12.3 Å². The van der Waals surface area contributed by atoms with Crippen LogP contribution in [0, 0.1) is 17.6 Å². The highest BCUT2D eigenvalue weighted by Crippen LogP contribution is 2.20. The molecule has 0 heterocycles. The van der Waals surface area contributed by atoms with Crippen molar-refractivity contribution in [3.05, 3.63) is 35.4 Å². The van der Waals surface area contributed by atoms with Crippen LogP contribution < -0.4 is 5.73 Å². The second-order valence-electron chi connectivity index (χ2n) is 3.56. The molecule has 0 radical (unpaired) electrons. The van der Waals surface area contributed by atoms with Crippen LogP contribution in [-0.2, 0) is 5.75 Å². The van der Waals surface area contributed by atoms with Crippen molar-refractivity contribution < 1.29 is 8.78 Å². The predicted molar refractivity (Wildman–Crippen MR) is 60.7 cm³/mol. The lowest BCUT2D eigenvalue weighted by Crippen LogP contribution is -2.12. The molecule has 15 heavy (non-hydrogen) atoms. The van der Waals surface area contributed by atoms with E-state index in [-0.39, 0.29) is 5.56 Å². The minimum Gasteiger partial charge on any atom is -0.330 e. The molecule has 1 atom stereocenters. The summed E-state index contributed by atoms with van der Waals surface area (Å²) in [7, 11) is 0. The summed E-state index contributed by atoms with van der Waals surface area (Å²) in [5.74, 6) is 0.628. The van der Waals surface area contributed by atoms with Crippen molar-refractivity contribution in [2.75, 3.05) is 12.3 Å². The molecule has 2 N–H and O–H groups in total. The van der Waals surface area contributed by atoms with Crippen molar-refractivity contribution in [3.63, 3.8) is 0 Å². The van der Waals surface area contributed by atoms with E-state index in [2.05, 4.69) is 0 Å². The van der Waals surface area contributed by atoms with E-state index in [0.717, 1.165) is 5.75 Å². The van der Waals surface area contributed by atoms with Gasteiger partial charge in [-0.25, -0.2) is 8.78 Å². The molecule has 0 aliphatic heterocycles. The number of halogens is 2. The third-order valence-corrected chi connectivity index (χ3v) is 3.41. The van der Waals surface area contributed by atoms with Crippen molar-refractivity contribution >= 4 is 11.8 Å². The third kappa shape index (κ3) is 3.80. The number of hydrogen-bond donors (Lipinski definition) is 1. The molecule has 0 saturated carbocycles. The average molecular weight is 231 g/mol. The molecule has 0 amide bonds. The highest BCUT2D eigenvalue weighted by Gasteiger charge is 2.08. The summed E-state index contributed by atoms with van der Waals surface area (Å²) in [5.41, 5.74) is 5.61. The van der Waals surface area contributed by atoms with Gasteiger partial charge in [-0.05, 0) is 30.3 Å². The van der Waals surface area contributed by atoms with Gasteiger partial charge >= 0.3 is 0 Å². The molecule has 0 aromatic heterocycles.